The summed E-state index contributed by atoms with van der Waals surface area (Å²) in [5, 5.41) is 17.8. The molecule has 0 aliphatic carbocycles. The maximum Gasteiger partial charge on any atom is 0.254 e. The summed E-state index contributed by atoms with van der Waals surface area (Å²) in [5.74, 6) is 5.69. The Morgan fingerprint density at radius 2 is 2.10 bits per heavy atom. The fourth-order valence-corrected chi connectivity index (χ4v) is 2.11. The van der Waals surface area contributed by atoms with E-state index in [1.165, 1.54) is 0 Å². The Balaban J connectivity index is 2.01. The third-order valence-corrected chi connectivity index (χ3v) is 3.23. The third-order valence-electron chi connectivity index (χ3n) is 3.23. The molecule has 2 rings (SSSR count). The molecule has 1 unspecified atom stereocenters. The van der Waals surface area contributed by atoms with E-state index in [4.69, 9.17) is 14.9 Å². The second kappa shape index (κ2) is 7.79. The van der Waals surface area contributed by atoms with Crippen LogP contribution in [0.15, 0.2) is 24.3 Å². The first kappa shape index (κ1) is 15.5. The van der Waals surface area contributed by atoms with Gasteiger partial charge in [0.2, 0.25) is 0 Å². The fraction of sp³-hybridized carbons (Fsp3) is 0.438. The second-order valence-electron chi connectivity index (χ2n) is 4.78. The lowest BCUT2D eigenvalue weighted by molar-refractivity contribution is -0.0447. The van der Waals surface area contributed by atoms with Crippen LogP contribution in [0.3, 0.4) is 0 Å². The van der Waals surface area contributed by atoms with E-state index >= 15 is 0 Å². The van der Waals surface area contributed by atoms with Crippen LogP contribution in [0.25, 0.3) is 0 Å². The van der Waals surface area contributed by atoms with Crippen LogP contribution in [0.2, 0.25) is 0 Å². The molecule has 1 aliphatic heterocycles. The molecule has 0 aromatic heterocycles. The van der Waals surface area contributed by atoms with Crippen LogP contribution >= 0.6 is 0 Å². The Hall–Kier alpha value is -1.87. The van der Waals surface area contributed by atoms with Gasteiger partial charge in [-0.3, -0.25) is 4.79 Å². The van der Waals surface area contributed by atoms with Crippen LogP contribution in [-0.2, 0) is 4.74 Å². The molecule has 0 saturated carbocycles. The standard InChI is InChI=1S/C16H19NO4/c18-9-2-1-3-13-4-6-14(7-5-13)16(20)17-8-10-21-15(11-17)12-19/h4-7,15,18-19H,2,8-12H2. The molecule has 0 radical (unpaired) electrons. The van der Waals surface area contributed by atoms with Crippen LogP contribution in [0.5, 0.6) is 0 Å². The van der Waals surface area contributed by atoms with Crippen LogP contribution in [0.4, 0.5) is 0 Å². The predicted octanol–water partition coefficient (Wildman–Crippen LogP) is 0.254. The van der Waals surface area contributed by atoms with Gasteiger partial charge in [0.25, 0.3) is 5.91 Å². The monoisotopic (exact) mass is 289 g/mol. The molecule has 1 atom stereocenters. The minimum atomic E-state index is -0.300. The van der Waals surface area contributed by atoms with Gasteiger partial charge in [-0.15, -0.1) is 0 Å². The first-order valence-electron chi connectivity index (χ1n) is 6.96. The molecule has 1 fully saturated rings. The predicted molar refractivity (Wildman–Crippen MR) is 77.8 cm³/mol. The van der Waals surface area contributed by atoms with Gasteiger partial charge in [-0.2, -0.15) is 0 Å². The second-order valence-corrected chi connectivity index (χ2v) is 4.78. The van der Waals surface area contributed by atoms with Crippen LogP contribution in [0.1, 0.15) is 22.3 Å². The van der Waals surface area contributed by atoms with Gasteiger partial charge in [0.15, 0.2) is 0 Å². The number of aliphatic hydroxyl groups is 2. The number of hydrogen-bond acceptors (Lipinski definition) is 4. The number of ether oxygens (including phenoxy) is 1. The lowest BCUT2D eigenvalue weighted by Gasteiger charge is -2.32. The molecular formula is C16H19NO4. The maximum atomic E-state index is 12.4. The summed E-state index contributed by atoms with van der Waals surface area (Å²) in [6.45, 7) is 1.36. The quantitative estimate of drug-likeness (QED) is 0.783. The van der Waals surface area contributed by atoms with Gasteiger partial charge in [-0.25, -0.2) is 0 Å². The van der Waals surface area contributed by atoms with Crippen LogP contribution in [-0.4, -0.2) is 60.0 Å². The van der Waals surface area contributed by atoms with Gasteiger partial charge < -0.3 is 19.8 Å². The summed E-state index contributed by atoms with van der Waals surface area (Å²) >= 11 is 0. The number of hydrogen-bond donors (Lipinski definition) is 2. The molecule has 21 heavy (non-hydrogen) atoms. The lowest BCUT2D eigenvalue weighted by atomic mass is 10.1. The molecule has 1 saturated heterocycles. The zero-order valence-electron chi connectivity index (χ0n) is 11.8. The fourth-order valence-electron chi connectivity index (χ4n) is 2.11. The van der Waals surface area contributed by atoms with Crippen LogP contribution < -0.4 is 0 Å². The average molecular weight is 289 g/mol. The van der Waals surface area contributed by atoms with Gasteiger partial charge in [0, 0.05) is 30.6 Å². The van der Waals surface area contributed by atoms with Crippen molar-refractivity contribution in [3.63, 3.8) is 0 Å². The summed E-state index contributed by atoms with van der Waals surface area (Å²) in [7, 11) is 0. The number of amides is 1. The Kier molecular flexibility index (Phi) is 5.76. The van der Waals surface area contributed by atoms with Crippen molar-refractivity contribution in [2.24, 2.45) is 0 Å². The first-order valence-corrected chi connectivity index (χ1v) is 6.96. The molecular weight excluding hydrogens is 270 g/mol. The normalized spacial score (nSPS) is 18.0. The molecule has 1 aromatic rings. The van der Waals surface area contributed by atoms with Gasteiger partial charge in [0.05, 0.1) is 25.9 Å². The van der Waals surface area contributed by atoms with Crippen molar-refractivity contribution in [1.82, 2.24) is 4.90 Å². The zero-order chi connectivity index (χ0) is 15.1. The first-order chi connectivity index (χ1) is 10.2. The van der Waals surface area contributed by atoms with Crippen molar-refractivity contribution >= 4 is 5.91 Å². The van der Waals surface area contributed by atoms with E-state index in [1.54, 1.807) is 29.2 Å². The Morgan fingerprint density at radius 1 is 1.33 bits per heavy atom. The molecule has 0 bridgehead atoms. The van der Waals surface area contributed by atoms with Gasteiger partial charge in [-0.1, -0.05) is 11.8 Å². The van der Waals surface area contributed by atoms with Crippen molar-refractivity contribution in [2.75, 3.05) is 32.9 Å². The van der Waals surface area contributed by atoms with Gasteiger partial charge in [-0.05, 0) is 24.3 Å². The number of benzene rings is 1. The van der Waals surface area contributed by atoms with Crippen molar-refractivity contribution < 1.29 is 19.7 Å². The van der Waals surface area contributed by atoms with Gasteiger partial charge in [0.1, 0.15) is 0 Å². The summed E-state index contributed by atoms with van der Waals surface area (Å²) in [4.78, 5) is 14.0. The number of morpholine rings is 1. The van der Waals surface area contributed by atoms with E-state index in [0.29, 0.717) is 31.7 Å². The molecule has 1 aromatic carbocycles. The molecule has 1 heterocycles. The molecule has 2 N–H and O–H groups in total. The Bertz CT molecular complexity index is 529. The summed E-state index contributed by atoms with van der Waals surface area (Å²) < 4.78 is 5.33. The minimum absolute atomic E-state index is 0.0482. The van der Waals surface area contributed by atoms with Crippen LogP contribution in [0, 0.1) is 11.8 Å². The van der Waals surface area contributed by atoms with Crippen molar-refractivity contribution in [3.05, 3.63) is 35.4 Å². The molecule has 0 spiro atoms. The van der Waals surface area contributed by atoms with E-state index < -0.39 is 0 Å². The molecule has 1 amide bonds. The maximum absolute atomic E-state index is 12.4. The largest absolute Gasteiger partial charge is 0.395 e. The highest BCUT2D eigenvalue weighted by atomic mass is 16.5. The van der Waals surface area contributed by atoms with E-state index in [0.717, 1.165) is 5.56 Å². The summed E-state index contributed by atoms with van der Waals surface area (Å²) in [5.41, 5.74) is 1.41. The average Bonchev–Trinajstić information content (AvgIpc) is 2.55. The van der Waals surface area contributed by atoms with Crippen molar-refractivity contribution in [1.29, 1.82) is 0 Å². The van der Waals surface area contributed by atoms with E-state index in [-0.39, 0.29) is 25.2 Å². The number of aliphatic hydroxyl groups excluding tert-OH is 2. The van der Waals surface area contributed by atoms with E-state index in [9.17, 15) is 4.79 Å². The molecule has 5 heteroatoms. The van der Waals surface area contributed by atoms with Gasteiger partial charge >= 0.3 is 0 Å². The highest BCUT2D eigenvalue weighted by molar-refractivity contribution is 5.94. The molecule has 5 nitrogen and oxygen atoms in total. The Morgan fingerprint density at radius 3 is 2.76 bits per heavy atom. The molecule has 112 valence electrons. The highest BCUT2D eigenvalue weighted by Gasteiger charge is 2.24. The third kappa shape index (κ3) is 4.30. The Labute approximate surface area is 124 Å². The van der Waals surface area contributed by atoms with Crippen molar-refractivity contribution in [2.45, 2.75) is 12.5 Å². The van der Waals surface area contributed by atoms with E-state index in [2.05, 4.69) is 11.8 Å². The smallest absolute Gasteiger partial charge is 0.254 e. The van der Waals surface area contributed by atoms with Crippen molar-refractivity contribution in [3.8, 4) is 11.8 Å². The SMILES string of the molecule is O=C(c1ccc(C#CCCO)cc1)N1CCOC(CO)C1. The molecule has 1 aliphatic rings. The highest BCUT2D eigenvalue weighted by Crippen LogP contribution is 2.11. The minimum Gasteiger partial charge on any atom is -0.395 e. The summed E-state index contributed by atoms with van der Waals surface area (Å²) in [6.07, 6.45) is 0.142. The van der Waals surface area contributed by atoms with E-state index in [1.807, 2.05) is 0 Å². The lowest BCUT2D eigenvalue weighted by Crippen LogP contribution is -2.46. The number of rotatable bonds is 3. The number of carbonyl (C=O) groups is 1. The summed E-state index contributed by atoms with van der Waals surface area (Å²) in [6, 6.07) is 7.08. The topological polar surface area (TPSA) is 70.0 Å². The number of carbonyl (C=O) groups excluding carboxylic acids is 1. The zero-order valence-corrected chi connectivity index (χ0v) is 11.8. The number of nitrogens with zero attached hydrogens (tertiary/aromatic N) is 1.